The number of nitrogens with zero attached hydrogens (tertiary/aromatic N) is 1. The zero-order valence-electron chi connectivity index (χ0n) is 12.8. The summed E-state index contributed by atoms with van der Waals surface area (Å²) in [6.07, 6.45) is 5.13. The van der Waals surface area contributed by atoms with Crippen LogP contribution in [0, 0.1) is 11.8 Å². The van der Waals surface area contributed by atoms with Crippen LogP contribution >= 0.6 is 0 Å². The summed E-state index contributed by atoms with van der Waals surface area (Å²) in [4.78, 5) is 25.5. The molecule has 5 heteroatoms. The number of carbonyl (C=O) groups is 2. The van der Waals surface area contributed by atoms with Gasteiger partial charge >= 0.3 is 0 Å². The first-order chi connectivity index (χ1) is 9.49. The third-order valence-corrected chi connectivity index (χ3v) is 4.52. The van der Waals surface area contributed by atoms with Crippen LogP contribution in [-0.2, 0) is 9.59 Å². The molecule has 0 aliphatic carbocycles. The molecule has 5 nitrogen and oxygen atoms in total. The maximum atomic E-state index is 12.3. The first-order valence-corrected chi connectivity index (χ1v) is 7.78. The number of primary amides is 1. The van der Waals surface area contributed by atoms with Gasteiger partial charge in [-0.15, -0.1) is 0 Å². The van der Waals surface area contributed by atoms with Gasteiger partial charge in [-0.25, -0.2) is 0 Å². The molecule has 1 aliphatic heterocycles. The highest BCUT2D eigenvalue weighted by Crippen LogP contribution is 2.24. The van der Waals surface area contributed by atoms with Gasteiger partial charge in [0.1, 0.15) is 0 Å². The van der Waals surface area contributed by atoms with Gasteiger partial charge in [0.05, 0.1) is 5.92 Å². The molecule has 2 amide bonds. The monoisotopic (exact) mass is 283 g/mol. The Morgan fingerprint density at radius 1 is 1.30 bits per heavy atom. The van der Waals surface area contributed by atoms with Gasteiger partial charge < -0.3 is 16.4 Å². The summed E-state index contributed by atoms with van der Waals surface area (Å²) in [5.41, 5.74) is 10.9. The summed E-state index contributed by atoms with van der Waals surface area (Å²) in [6.45, 7) is 5.35. The fourth-order valence-corrected chi connectivity index (χ4v) is 2.95. The molecule has 3 unspecified atom stereocenters. The topological polar surface area (TPSA) is 89.4 Å². The normalized spacial score (nSPS) is 24.4. The summed E-state index contributed by atoms with van der Waals surface area (Å²) in [7, 11) is 0. The molecular weight excluding hydrogens is 254 g/mol. The van der Waals surface area contributed by atoms with Crippen LogP contribution in [0.1, 0.15) is 52.4 Å². The smallest absolute Gasteiger partial charge is 0.222 e. The predicted octanol–water partition coefficient (Wildman–Crippen LogP) is 1.25. The summed E-state index contributed by atoms with van der Waals surface area (Å²) < 4.78 is 0. The van der Waals surface area contributed by atoms with E-state index >= 15 is 0 Å². The zero-order chi connectivity index (χ0) is 15.1. The lowest BCUT2D eigenvalue weighted by Crippen LogP contribution is -2.48. The maximum absolute atomic E-state index is 12.3. The van der Waals surface area contributed by atoms with Crippen molar-refractivity contribution in [1.82, 2.24) is 4.90 Å². The second-order valence-electron chi connectivity index (χ2n) is 5.96. The van der Waals surface area contributed by atoms with Crippen molar-refractivity contribution in [2.24, 2.45) is 23.3 Å². The van der Waals surface area contributed by atoms with Crippen molar-refractivity contribution in [2.45, 2.75) is 58.4 Å². The molecule has 1 aliphatic rings. The number of rotatable bonds is 7. The summed E-state index contributed by atoms with van der Waals surface area (Å²) in [5, 5.41) is 0. The van der Waals surface area contributed by atoms with E-state index in [0.717, 1.165) is 32.1 Å². The third-order valence-electron chi connectivity index (χ3n) is 4.52. The third kappa shape index (κ3) is 4.78. The molecule has 3 atom stereocenters. The molecule has 1 heterocycles. The Bertz CT molecular complexity index is 333. The molecule has 0 spiro atoms. The number of nitrogens with two attached hydrogens (primary N) is 2. The van der Waals surface area contributed by atoms with E-state index in [1.54, 1.807) is 0 Å². The minimum absolute atomic E-state index is 0.152. The number of amides is 2. The van der Waals surface area contributed by atoms with E-state index in [1.165, 1.54) is 0 Å². The summed E-state index contributed by atoms with van der Waals surface area (Å²) in [5.74, 6) is 0.209. The second-order valence-corrected chi connectivity index (χ2v) is 5.96. The molecule has 0 aromatic carbocycles. The van der Waals surface area contributed by atoms with Gasteiger partial charge in [-0.1, -0.05) is 13.3 Å². The van der Waals surface area contributed by atoms with Crippen molar-refractivity contribution in [3.05, 3.63) is 0 Å². The van der Waals surface area contributed by atoms with Gasteiger partial charge in [-0.05, 0) is 45.1 Å². The molecule has 1 saturated heterocycles. The quantitative estimate of drug-likeness (QED) is 0.737. The van der Waals surface area contributed by atoms with Gasteiger partial charge in [-0.3, -0.25) is 9.59 Å². The lowest BCUT2D eigenvalue weighted by Gasteiger charge is -2.37. The number of piperidine rings is 1. The first kappa shape index (κ1) is 17.0. The lowest BCUT2D eigenvalue weighted by atomic mass is 9.91. The Hall–Kier alpha value is -1.10. The molecule has 20 heavy (non-hydrogen) atoms. The summed E-state index contributed by atoms with van der Waals surface area (Å²) >= 11 is 0. The zero-order valence-corrected chi connectivity index (χ0v) is 12.8. The van der Waals surface area contributed by atoms with Crippen molar-refractivity contribution in [2.75, 3.05) is 13.1 Å². The highest BCUT2D eigenvalue weighted by atomic mass is 16.2. The number of carbonyl (C=O) groups excluding carboxylic acids is 2. The van der Waals surface area contributed by atoms with E-state index in [4.69, 9.17) is 11.5 Å². The van der Waals surface area contributed by atoms with Crippen molar-refractivity contribution < 1.29 is 9.59 Å². The van der Waals surface area contributed by atoms with Crippen LogP contribution in [0.25, 0.3) is 0 Å². The van der Waals surface area contributed by atoms with E-state index in [1.807, 2.05) is 11.8 Å². The van der Waals surface area contributed by atoms with E-state index < -0.39 is 0 Å². The fourth-order valence-electron chi connectivity index (χ4n) is 2.95. The molecule has 0 aromatic heterocycles. The minimum atomic E-state index is -0.288. The van der Waals surface area contributed by atoms with E-state index in [2.05, 4.69) is 6.92 Å². The molecule has 0 radical (unpaired) electrons. The van der Waals surface area contributed by atoms with Gasteiger partial charge in [0.25, 0.3) is 0 Å². The Balaban J connectivity index is 2.49. The maximum Gasteiger partial charge on any atom is 0.222 e. The van der Waals surface area contributed by atoms with Crippen LogP contribution in [-0.4, -0.2) is 35.8 Å². The van der Waals surface area contributed by atoms with Gasteiger partial charge in [0.2, 0.25) is 11.8 Å². The standard InChI is InChI=1S/C15H29N3O2/c1-3-12(8-9-16)5-7-14(19)18-10-13(15(17)20)6-4-11(18)2/h11-13H,3-10,16H2,1-2H3,(H2,17,20). The van der Waals surface area contributed by atoms with Crippen molar-refractivity contribution in [3.63, 3.8) is 0 Å². The Labute approximate surface area is 122 Å². The Morgan fingerprint density at radius 3 is 2.55 bits per heavy atom. The van der Waals surface area contributed by atoms with E-state index in [9.17, 15) is 9.59 Å². The van der Waals surface area contributed by atoms with Crippen LogP contribution in [0.2, 0.25) is 0 Å². The number of hydrogen-bond acceptors (Lipinski definition) is 3. The number of likely N-dealkylation sites (tertiary alicyclic amines) is 1. The highest BCUT2D eigenvalue weighted by molar-refractivity contribution is 5.80. The molecular formula is C15H29N3O2. The van der Waals surface area contributed by atoms with Crippen LogP contribution in [0.15, 0.2) is 0 Å². The van der Waals surface area contributed by atoms with Crippen LogP contribution in [0.5, 0.6) is 0 Å². The van der Waals surface area contributed by atoms with Crippen molar-refractivity contribution in [1.29, 1.82) is 0 Å². The average molecular weight is 283 g/mol. The van der Waals surface area contributed by atoms with Gasteiger partial charge in [-0.2, -0.15) is 0 Å². The molecule has 0 saturated carbocycles. The summed E-state index contributed by atoms with van der Waals surface area (Å²) in [6, 6.07) is 0.215. The fraction of sp³-hybridized carbons (Fsp3) is 0.867. The average Bonchev–Trinajstić information content (AvgIpc) is 2.43. The molecule has 1 rings (SSSR count). The second kappa shape index (κ2) is 8.25. The van der Waals surface area contributed by atoms with Crippen molar-refractivity contribution in [3.8, 4) is 0 Å². The molecule has 1 fully saturated rings. The van der Waals surface area contributed by atoms with Crippen LogP contribution in [0.4, 0.5) is 0 Å². The van der Waals surface area contributed by atoms with Gasteiger partial charge in [0, 0.05) is 19.0 Å². The SMILES string of the molecule is CCC(CCN)CCC(=O)N1CC(C(N)=O)CCC1C. The molecule has 4 N–H and O–H groups in total. The van der Waals surface area contributed by atoms with E-state index in [-0.39, 0.29) is 23.8 Å². The van der Waals surface area contributed by atoms with Gasteiger partial charge in [0.15, 0.2) is 0 Å². The van der Waals surface area contributed by atoms with Crippen LogP contribution < -0.4 is 11.5 Å². The van der Waals surface area contributed by atoms with E-state index in [0.29, 0.717) is 25.4 Å². The first-order valence-electron chi connectivity index (χ1n) is 7.78. The predicted molar refractivity (Wildman–Crippen MR) is 79.8 cm³/mol. The Kier molecular flexibility index (Phi) is 6.99. The number of hydrogen-bond donors (Lipinski definition) is 2. The largest absolute Gasteiger partial charge is 0.369 e. The van der Waals surface area contributed by atoms with Crippen molar-refractivity contribution >= 4 is 11.8 Å². The minimum Gasteiger partial charge on any atom is -0.369 e. The molecule has 0 bridgehead atoms. The lowest BCUT2D eigenvalue weighted by molar-refractivity contribution is -0.137. The Morgan fingerprint density at radius 2 is 2.00 bits per heavy atom. The molecule has 116 valence electrons. The highest BCUT2D eigenvalue weighted by Gasteiger charge is 2.31. The van der Waals surface area contributed by atoms with Crippen LogP contribution in [0.3, 0.4) is 0 Å². The molecule has 0 aromatic rings.